The van der Waals surface area contributed by atoms with Crippen LogP contribution in [0.5, 0.6) is 0 Å². The van der Waals surface area contributed by atoms with Gasteiger partial charge in [-0.2, -0.15) is 0 Å². The molecule has 1 aromatic heterocycles. The van der Waals surface area contributed by atoms with Crippen LogP contribution in [0.1, 0.15) is 17.3 Å². The molecule has 0 bridgehead atoms. The van der Waals surface area contributed by atoms with Crippen molar-refractivity contribution >= 4 is 38.5 Å². The number of hydrogen-bond acceptors (Lipinski definition) is 5. The lowest BCUT2D eigenvalue weighted by molar-refractivity contribution is -0.120. The summed E-state index contributed by atoms with van der Waals surface area (Å²) in [6.07, 6.45) is 0. The minimum absolute atomic E-state index is 0.00886. The molecule has 156 valence electrons. The van der Waals surface area contributed by atoms with Crippen molar-refractivity contribution in [3.8, 4) is 0 Å². The van der Waals surface area contributed by atoms with Gasteiger partial charge in [-0.25, -0.2) is 9.37 Å². The molecule has 2 amide bonds. The molecule has 6 nitrogen and oxygen atoms in total. The number of likely N-dealkylation sites (N-methyl/N-ethyl adjacent to an activating group) is 1. The Kier molecular flexibility index (Phi) is 6.06. The van der Waals surface area contributed by atoms with Gasteiger partial charge in [-0.15, -0.1) is 0 Å². The number of carbonyl (C=O) groups excluding carboxylic acids is 2. The van der Waals surface area contributed by atoms with Crippen LogP contribution in [-0.2, 0) is 4.79 Å². The molecule has 1 saturated heterocycles. The Balaban J connectivity index is 1.36. The molecule has 2 aromatic carbocycles. The van der Waals surface area contributed by atoms with Crippen molar-refractivity contribution in [2.24, 2.45) is 0 Å². The number of rotatable bonds is 5. The molecule has 1 fully saturated rings. The van der Waals surface area contributed by atoms with Crippen molar-refractivity contribution in [2.45, 2.75) is 6.92 Å². The Morgan fingerprint density at radius 2 is 1.77 bits per heavy atom. The van der Waals surface area contributed by atoms with Gasteiger partial charge in [0.05, 0.1) is 22.3 Å². The third-order valence-electron chi connectivity index (χ3n) is 5.25. The monoisotopic (exact) mass is 426 g/mol. The number of para-hydroxylation sites is 1. The lowest BCUT2D eigenvalue weighted by Crippen LogP contribution is -2.51. The van der Waals surface area contributed by atoms with Gasteiger partial charge in [0.2, 0.25) is 5.91 Å². The van der Waals surface area contributed by atoms with Crippen molar-refractivity contribution in [2.75, 3.05) is 44.2 Å². The molecule has 0 spiro atoms. The van der Waals surface area contributed by atoms with Crippen LogP contribution in [0.2, 0.25) is 0 Å². The van der Waals surface area contributed by atoms with Crippen molar-refractivity contribution in [1.82, 2.24) is 14.8 Å². The number of aromatic nitrogens is 1. The first-order chi connectivity index (χ1) is 14.6. The Hall–Kier alpha value is -2.84. The maximum absolute atomic E-state index is 13.9. The second-order valence-electron chi connectivity index (χ2n) is 7.15. The number of thiazole rings is 1. The van der Waals surface area contributed by atoms with Crippen LogP contribution in [0, 0.1) is 5.82 Å². The van der Waals surface area contributed by atoms with Crippen LogP contribution >= 0.6 is 11.3 Å². The number of carbonyl (C=O) groups is 2. The van der Waals surface area contributed by atoms with Crippen molar-refractivity contribution in [3.63, 3.8) is 0 Å². The van der Waals surface area contributed by atoms with E-state index < -0.39 is 5.82 Å². The zero-order chi connectivity index (χ0) is 21.1. The largest absolute Gasteiger partial charge is 0.336 e. The Morgan fingerprint density at radius 3 is 2.47 bits per heavy atom. The van der Waals surface area contributed by atoms with Gasteiger partial charge < -0.3 is 4.90 Å². The van der Waals surface area contributed by atoms with Gasteiger partial charge in [-0.1, -0.05) is 35.6 Å². The third kappa shape index (κ3) is 4.20. The first kappa shape index (κ1) is 20.4. The van der Waals surface area contributed by atoms with Gasteiger partial charge in [0.1, 0.15) is 5.82 Å². The van der Waals surface area contributed by atoms with E-state index >= 15 is 0 Å². The molecule has 0 atom stereocenters. The van der Waals surface area contributed by atoms with E-state index in [1.54, 1.807) is 21.9 Å². The second kappa shape index (κ2) is 8.89. The predicted molar refractivity (Wildman–Crippen MR) is 116 cm³/mol. The minimum atomic E-state index is -0.505. The summed E-state index contributed by atoms with van der Waals surface area (Å²) in [5.74, 6) is -0.816. The fraction of sp³-hybridized carbons (Fsp3) is 0.318. The third-order valence-corrected chi connectivity index (χ3v) is 6.31. The molecule has 0 saturated carbocycles. The van der Waals surface area contributed by atoms with Crippen LogP contribution < -0.4 is 4.90 Å². The van der Waals surface area contributed by atoms with Crippen LogP contribution in [-0.4, -0.2) is 65.9 Å². The second-order valence-corrected chi connectivity index (χ2v) is 8.16. The van der Waals surface area contributed by atoms with Gasteiger partial charge in [-0.3, -0.25) is 19.4 Å². The summed E-state index contributed by atoms with van der Waals surface area (Å²) in [6, 6.07) is 13.9. The molecule has 2 heterocycles. The first-order valence-corrected chi connectivity index (χ1v) is 10.8. The molecular weight excluding hydrogens is 403 g/mol. The van der Waals surface area contributed by atoms with Crippen molar-refractivity contribution in [3.05, 3.63) is 59.9 Å². The Bertz CT molecular complexity index is 1030. The van der Waals surface area contributed by atoms with E-state index in [1.807, 2.05) is 36.1 Å². The number of hydrogen-bond donors (Lipinski definition) is 0. The molecule has 0 N–H and O–H groups in total. The molecule has 8 heteroatoms. The highest BCUT2D eigenvalue weighted by Crippen LogP contribution is 2.28. The number of benzene rings is 2. The van der Waals surface area contributed by atoms with Crippen LogP contribution in [0.25, 0.3) is 10.2 Å². The van der Waals surface area contributed by atoms with Crippen LogP contribution in [0.15, 0.2) is 48.5 Å². The van der Waals surface area contributed by atoms with E-state index in [2.05, 4.69) is 4.98 Å². The Labute approximate surface area is 178 Å². The molecule has 4 rings (SSSR count). The van der Waals surface area contributed by atoms with Gasteiger partial charge in [0.25, 0.3) is 5.91 Å². The van der Waals surface area contributed by atoms with E-state index in [-0.39, 0.29) is 23.9 Å². The normalized spacial score (nSPS) is 14.8. The number of piperazine rings is 1. The van der Waals surface area contributed by atoms with Crippen LogP contribution in [0.3, 0.4) is 0 Å². The number of fused-ring (bicyclic) bond motifs is 1. The smallest absolute Gasteiger partial charge is 0.256 e. The quantitative estimate of drug-likeness (QED) is 0.629. The maximum atomic E-state index is 13.9. The molecular formula is C22H23FN4O2S. The molecule has 3 aromatic rings. The molecule has 30 heavy (non-hydrogen) atoms. The average Bonchev–Trinajstić information content (AvgIpc) is 3.18. The van der Waals surface area contributed by atoms with Gasteiger partial charge in [-0.05, 0) is 31.2 Å². The van der Waals surface area contributed by atoms with E-state index in [9.17, 15) is 14.0 Å². The standard InChI is InChI=1S/C22H23FN4O2S/c1-2-27(22-24-18-9-5-6-10-19(18)30-22)20(28)15-25-11-13-26(14-12-25)21(29)16-7-3-4-8-17(16)23/h3-10H,2,11-15H2,1H3. The summed E-state index contributed by atoms with van der Waals surface area (Å²) in [5.41, 5.74) is 0.985. The molecule has 0 unspecified atom stereocenters. The summed E-state index contributed by atoms with van der Waals surface area (Å²) in [4.78, 5) is 35.5. The maximum Gasteiger partial charge on any atom is 0.256 e. The average molecular weight is 427 g/mol. The summed E-state index contributed by atoms with van der Waals surface area (Å²) in [7, 11) is 0. The zero-order valence-corrected chi connectivity index (χ0v) is 17.6. The van der Waals surface area contributed by atoms with E-state index in [1.165, 1.54) is 23.5 Å². The summed E-state index contributed by atoms with van der Waals surface area (Å²) < 4.78 is 15.0. The highest BCUT2D eigenvalue weighted by Gasteiger charge is 2.26. The number of anilines is 1. The van der Waals surface area contributed by atoms with Gasteiger partial charge in [0, 0.05) is 32.7 Å². The fourth-order valence-corrected chi connectivity index (χ4v) is 4.63. The number of halogens is 1. The summed E-state index contributed by atoms with van der Waals surface area (Å²) in [6.45, 7) is 4.83. The summed E-state index contributed by atoms with van der Waals surface area (Å²) >= 11 is 1.51. The Morgan fingerprint density at radius 1 is 1.07 bits per heavy atom. The van der Waals surface area contributed by atoms with E-state index in [0.29, 0.717) is 37.9 Å². The fourth-order valence-electron chi connectivity index (χ4n) is 3.58. The van der Waals surface area contributed by atoms with Crippen molar-refractivity contribution < 1.29 is 14.0 Å². The van der Waals surface area contributed by atoms with Gasteiger partial charge >= 0.3 is 0 Å². The predicted octanol–water partition coefficient (Wildman–Crippen LogP) is 3.25. The summed E-state index contributed by atoms with van der Waals surface area (Å²) in [5, 5.41) is 0.706. The number of amides is 2. The van der Waals surface area contributed by atoms with E-state index in [4.69, 9.17) is 0 Å². The first-order valence-electron chi connectivity index (χ1n) is 9.99. The zero-order valence-electron chi connectivity index (χ0n) is 16.8. The lowest BCUT2D eigenvalue weighted by Gasteiger charge is -2.35. The number of nitrogens with zero attached hydrogens (tertiary/aromatic N) is 4. The molecule has 1 aliphatic rings. The van der Waals surface area contributed by atoms with Gasteiger partial charge in [0.15, 0.2) is 5.13 Å². The lowest BCUT2D eigenvalue weighted by atomic mass is 10.1. The molecule has 0 radical (unpaired) electrons. The highest BCUT2D eigenvalue weighted by molar-refractivity contribution is 7.22. The molecule has 0 aliphatic carbocycles. The SMILES string of the molecule is CCN(C(=O)CN1CCN(C(=O)c2ccccc2F)CC1)c1nc2ccccc2s1. The molecule has 1 aliphatic heterocycles. The topological polar surface area (TPSA) is 56.8 Å². The highest BCUT2D eigenvalue weighted by atomic mass is 32.1. The van der Waals surface area contributed by atoms with Crippen LogP contribution in [0.4, 0.5) is 9.52 Å². The van der Waals surface area contributed by atoms with E-state index in [0.717, 1.165) is 10.2 Å². The van der Waals surface area contributed by atoms with Crippen molar-refractivity contribution in [1.29, 1.82) is 0 Å². The minimum Gasteiger partial charge on any atom is -0.336 e.